The van der Waals surface area contributed by atoms with Gasteiger partial charge >= 0.3 is 11.9 Å². The van der Waals surface area contributed by atoms with Gasteiger partial charge in [0.05, 0.1) is 12.7 Å². The summed E-state index contributed by atoms with van der Waals surface area (Å²) < 4.78 is 9.70. The summed E-state index contributed by atoms with van der Waals surface area (Å²) in [4.78, 5) is 22.4. The first kappa shape index (κ1) is 14.8. The van der Waals surface area contributed by atoms with Crippen molar-refractivity contribution in [3.63, 3.8) is 0 Å². The fourth-order valence-electron chi connectivity index (χ4n) is 2.10. The molecule has 0 aliphatic heterocycles. The number of esters is 2. The Hall–Kier alpha value is -2.62. The predicted molar refractivity (Wildman–Crippen MR) is 79.3 cm³/mol. The molecule has 0 radical (unpaired) electrons. The molecule has 0 spiro atoms. The second kappa shape index (κ2) is 6.22. The molecule has 0 fully saturated rings. The molecule has 4 nitrogen and oxygen atoms in total. The van der Waals surface area contributed by atoms with E-state index in [0.29, 0.717) is 11.3 Å². The van der Waals surface area contributed by atoms with Crippen LogP contribution >= 0.6 is 0 Å². The fraction of sp³-hybridized carbons (Fsp3) is 0.176. The van der Waals surface area contributed by atoms with E-state index < -0.39 is 0 Å². The largest absolute Gasteiger partial charge is 0.465 e. The minimum atomic E-state index is -0.352. The van der Waals surface area contributed by atoms with Gasteiger partial charge < -0.3 is 9.47 Å². The molecule has 0 bridgehead atoms. The normalized spacial score (nSPS) is 10.0. The number of aryl methyl sites for hydroxylation is 1. The standard InChI is InChI=1S/C17H16O4/c1-11-10-14(17(19)20-3)6-9-16(11)13-4-7-15(8-5-13)21-12(2)18/h4-10H,1-3H3. The van der Waals surface area contributed by atoms with Gasteiger partial charge in [-0.25, -0.2) is 4.79 Å². The van der Waals surface area contributed by atoms with Crippen molar-refractivity contribution in [3.05, 3.63) is 53.6 Å². The van der Waals surface area contributed by atoms with Crippen LogP contribution in [0.1, 0.15) is 22.8 Å². The van der Waals surface area contributed by atoms with E-state index in [0.717, 1.165) is 16.7 Å². The van der Waals surface area contributed by atoms with Crippen LogP contribution in [-0.4, -0.2) is 19.0 Å². The summed E-state index contributed by atoms with van der Waals surface area (Å²) in [6.07, 6.45) is 0. The first-order valence-corrected chi connectivity index (χ1v) is 6.49. The Kier molecular flexibility index (Phi) is 4.38. The summed E-state index contributed by atoms with van der Waals surface area (Å²) >= 11 is 0. The molecule has 2 rings (SSSR count). The molecular weight excluding hydrogens is 268 g/mol. The van der Waals surface area contributed by atoms with Gasteiger partial charge in [-0.05, 0) is 47.9 Å². The first-order valence-electron chi connectivity index (χ1n) is 6.49. The van der Waals surface area contributed by atoms with Gasteiger partial charge in [-0.3, -0.25) is 4.79 Å². The number of hydrogen-bond donors (Lipinski definition) is 0. The maximum Gasteiger partial charge on any atom is 0.337 e. The Morgan fingerprint density at radius 2 is 1.67 bits per heavy atom. The molecule has 0 heterocycles. The van der Waals surface area contributed by atoms with Crippen LogP contribution in [0.3, 0.4) is 0 Å². The molecule has 4 heteroatoms. The van der Waals surface area contributed by atoms with E-state index in [1.165, 1.54) is 14.0 Å². The van der Waals surface area contributed by atoms with E-state index in [9.17, 15) is 9.59 Å². The number of carbonyl (C=O) groups is 2. The average Bonchev–Trinajstić information content (AvgIpc) is 2.47. The van der Waals surface area contributed by atoms with Crippen LogP contribution in [0.2, 0.25) is 0 Å². The van der Waals surface area contributed by atoms with Crippen molar-refractivity contribution in [2.24, 2.45) is 0 Å². The average molecular weight is 284 g/mol. The van der Waals surface area contributed by atoms with Crippen LogP contribution in [0.15, 0.2) is 42.5 Å². The van der Waals surface area contributed by atoms with E-state index in [1.54, 1.807) is 24.3 Å². The highest BCUT2D eigenvalue weighted by Crippen LogP contribution is 2.26. The number of ether oxygens (including phenoxy) is 2. The van der Waals surface area contributed by atoms with Gasteiger partial charge in [0.1, 0.15) is 5.75 Å². The quantitative estimate of drug-likeness (QED) is 0.640. The van der Waals surface area contributed by atoms with Crippen LogP contribution in [-0.2, 0) is 9.53 Å². The number of hydrogen-bond acceptors (Lipinski definition) is 4. The van der Waals surface area contributed by atoms with Crippen molar-refractivity contribution in [1.29, 1.82) is 0 Å². The molecule has 0 saturated heterocycles. The van der Waals surface area contributed by atoms with Crippen LogP contribution in [0.4, 0.5) is 0 Å². The van der Waals surface area contributed by atoms with Gasteiger partial charge in [0.15, 0.2) is 0 Å². The summed E-state index contributed by atoms with van der Waals surface area (Å²) in [5.74, 6) is -0.189. The minimum absolute atomic E-state index is 0.346. The van der Waals surface area contributed by atoms with E-state index >= 15 is 0 Å². The van der Waals surface area contributed by atoms with Crippen molar-refractivity contribution in [2.75, 3.05) is 7.11 Å². The van der Waals surface area contributed by atoms with E-state index in [1.807, 2.05) is 25.1 Å². The topological polar surface area (TPSA) is 52.6 Å². The number of benzene rings is 2. The van der Waals surface area contributed by atoms with Gasteiger partial charge in [-0.1, -0.05) is 18.2 Å². The summed E-state index contributed by atoms with van der Waals surface area (Å²) in [6, 6.07) is 12.6. The molecule has 2 aromatic rings. The van der Waals surface area contributed by atoms with Gasteiger partial charge in [-0.2, -0.15) is 0 Å². The molecule has 0 unspecified atom stereocenters. The van der Waals surface area contributed by atoms with Gasteiger partial charge in [0.2, 0.25) is 0 Å². The molecule has 0 atom stereocenters. The molecule has 2 aromatic carbocycles. The summed E-state index contributed by atoms with van der Waals surface area (Å²) in [7, 11) is 1.36. The molecule has 0 aliphatic rings. The Labute approximate surface area is 123 Å². The summed E-state index contributed by atoms with van der Waals surface area (Å²) in [5.41, 5.74) is 3.49. The molecule has 0 aromatic heterocycles. The van der Waals surface area contributed by atoms with E-state index in [-0.39, 0.29) is 11.9 Å². The third-order valence-corrected chi connectivity index (χ3v) is 3.07. The molecule has 0 amide bonds. The molecule has 0 saturated carbocycles. The third kappa shape index (κ3) is 3.48. The van der Waals surface area contributed by atoms with Crippen molar-refractivity contribution in [3.8, 4) is 16.9 Å². The van der Waals surface area contributed by atoms with Crippen molar-refractivity contribution < 1.29 is 19.1 Å². The number of rotatable bonds is 3. The minimum Gasteiger partial charge on any atom is -0.465 e. The van der Waals surface area contributed by atoms with Crippen LogP contribution in [0, 0.1) is 6.92 Å². The maximum atomic E-state index is 11.5. The van der Waals surface area contributed by atoms with E-state index in [2.05, 4.69) is 0 Å². The molecule has 108 valence electrons. The first-order chi connectivity index (χ1) is 10.0. The van der Waals surface area contributed by atoms with E-state index in [4.69, 9.17) is 9.47 Å². The van der Waals surface area contributed by atoms with Gasteiger partial charge in [-0.15, -0.1) is 0 Å². The van der Waals surface area contributed by atoms with Crippen LogP contribution in [0.5, 0.6) is 5.75 Å². The highest BCUT2D eigenvalue weighted by Gasteiger charge is 2.09. The Morgan fingerprint density at radius 3 is 2.19 bits per heavy atom. The lowest BCUT2D eigenvalue weighted by atomic mass is 9.98. The lowest BCUT2D eigenvalue weighted by Crippen LogP contribution is -2.02. The molecule has 0 N–H and O–H groups in total. The third-order valence-electron chi connectivity index (χ3n) is 3.07. The summed E-state index contributed by atoms with van der Waals surface area (Å²) in [5, 5.41) is 0. The predicted octanol–water partition coefficient (Wildman–Crippen LogP) is 3.37. The summed E-state index contributed by atoms with van der Waals surface area (Å²) in [6.45, 7) is 3.30. The maximum absolute atomic E-state index is 11.5. The zero-order chi connectivity index (χ0) is 15.4. The SMILES string of the molecule is COC(=O)c1ccc(-c2ccc(OC(C)=O)cc2)c(C)c1. The highest BCUT2D eigenvalue weighted by molar-refractivity contribution is 5.90. The lowest BCUT2D eigenvalue weighted by Gasteiger charge is -2.09. The Bertz CT molecular complexity index is 672. The zero-order valence-corrected chi connectivity index (χ0v) is 12.2. The smallest absolute Gasteiger partial charge is 0.337 e. The van der Waals surface area contributed by atoms with Crippen molar-refractivity contribution in [2.45, 2.75) is 13.8 Å². The van der Waals surface area contributed by atoms with Crippen molar-refractivity contribution >= 4 is 11.9 Å². The molecule has 21 heavy (non-hydrogen) atoms. The van der Waals surface area contributed by atoms with Crippen LogP contribution in [0.25, 0.3) is 11.1 Å². The van der Waals surface area contributed by atoms with Crippen molar-refractivity contribution in [1.82, 2.24) is 0 Å². The zero-order valence-electron chi connectivity index (χ0n) is 12.2. The van der Waals surface area contributed by atoms with Crippen LogP contribution < -0.4 is 4.74 Å². The number of methoxy groups -OCH3 is 1. The second-order valence-corrected chi connectivity index (χ2v) is 4.64. The highest BCUT2D eigenvalue weighted by atomic mass is 16.5. The lowest BCUT2D eigenvalue weighted by molar-refractivity contribution is -0.131. The van der Waals surface area contributed by atoms with Gasteiger partial charge in [0, 0.05) is 6.92 Å². The monoisotopic (exact) mass is 284 g/mol. The number of carbonyl (C=O) groups excluding carboxylic acids is 2. The second-order valence-electron chi connectivity index (χ2n) is 4.64. The Morgan fingerprint density at radius 1 is 1.00 bits per heavy atom. The van der Waals surface area contributed by atoms with Gasteiger partial charge in [0.25, 0.3) is 0 Å². The molecular formula is C17H16O4. The fourth-order valence-corrected chi connectivity index (χ4v) is 2.10. The Balaban J connectivity index is 2.29. The molecule has 0 aliphatic carbocycles.